The van der Waals surface area contributed by atoms with Crippen molar-refractivity contribution < 1.29 is 42.9 Å². The van der Waals surface area contributed by atoms with E-state index in [-0.39, 0.29) is 38.6 Å². The lowest BCUT2D eigenvalue weighted by atomic mass is 10.0. The van der Waals surface area contributed by atoms with E-state index in [9.17, 15) is 19.5 Å². The SMILES string of the molecule is CCCCCC/C=C\CCCCCCCC(=O)OCC(COC(OCC[N+](C)(C)C)C(=O)[O-])OC(=O)CCCCCCCCCCCCCCCCCCCCCCCCCCCCC/C=C\CCCCCCCCCC. The van der Waals surface area contributed by atoms with Gasteiger partial charge >= 0.3 is 11.9 Å². The van der Waals surface area contributed by atoms with Crippen LogP contribution in [0.15, 0.2) is 24.3 Å². The van der Waals surface area contributed by atoms with Crippen LogP contribution in [0.2, 0.25) is 0 Å². The second-order valence-electron chi connectivity index (χ2n) is 24.1. The lowest BCUT2D eigenvalue weighted by Crippen LogP contribution is -2.44. The molecule has 0 aromatic rings. The van der Waals surface area contributed by atoms with Crippen LogP contribution in [0, 0.1) is 0 Å². The maximum Gasteiger partial charge on any atom is 0.306 e. The fourth-order valence-corrected chi connectivity index (χ4v) is 10.0. The van der Waals surface area contributed by atoms with Crippen molar-refractivity contribution in [2.24, 2.45) is 0 Å². The maximum atomic E-state index is 12.9. The van der Waals surface area contributed by atoms with Gasteiger partial charge in [0.15, 0.2) is 12.4 Å². The topological polar surface area (TPSA) is 111 Å². The summed E-state index contributed by atoms with van der Waals surface area (Å²) in [5.74, 6) is -2.27. The molecule has 2 unspecified atom stereocenters. The molecule has 0 aromatic carbocycles. The number of aliphatic carboxylic acids is 1. The Hall–Kier alpha value is -2.23. The maximum absolute atomic E-state index is 12.9. The zero-order valence-corrected chi connectivity index (χ0v) is 51.9. The highest BCUT2D eigenvalue weighted by Crippen LogP contribution is 2.18. The van der Waals surface area contributed by atoms with Gasteiger partial charge in [-0.2, -0.15) is 0 Å². The highest BCUT2D eigenvalue weighted by Gasteiger charge is 2.22. The molecule has 0 amide bonds. The Labute approximate surface area is 478 Å². The molecule has 0 radical (unpaired) electrons. The molecule has 9 heteroatoms. The van der Waals surface area contributed by atoms with Crippen LogP contribution >= 0.6 is 0 Å². The number of hydrogen-bond donors (Lipinski definition) is 0. The number of carbonyl (C=O) groups excluding carboxylic acids is 3. The fourth-order valence-electron chi connectivity index (χ4n) is 10.0. The van der Waals surface area contributed by atoms with Crippen molar-refractivity contribution in [1.29, 1.82) is 0 Å². The lowest BCUT2D eigenvalue weighted by Gasteiger charge is -2.26. The molecule has 0 bridgehead atoms. The molecule has 0 N–H and O–H groups in total. The smallest absolute Gasteiger partial charge is 0.306 e. The summed E-state index contributed by atoms with van der Waals surface area (Å²) in [4.78, 5) is 37.3. The van der Waals surface area contributed by atoms with Crippen LogP contribution in [0.5, 0.6) is 0 Å². The van der Waals surface area contributed by atoms with Gasteiger partial charge < -0.3 is 33.3 Å². The number of unbranched alkanes of at least 4 members (excludes halogenated alkanes) is 44. The average molecular weight is 1090 g/mol. The van der Waals surface area contributed by atoms with E-state index in [4.69, 9.17) is 18.9 Å². The van der Waals surface area contributed by atoms with Gasteiger partial charge in [-0.05, 0) is 64.2 Å². The van der Waals surface area contributed by atoms with E-state index < -0.39 is 24.3 Å². The van der Waals surface area contributed by atoms with E-state index in [0.717, 1.165) is 57.8 Å². The number of carbonyl (C=O) groups is 3. The van der Waals surface area contributed by atoms with Crippen LogP contribution in [0.3, 0.4) is 0 Å². The summed E-state index contributed by atoms with van der Waals surface area (Å²) >= 11 is 0. The van der Waals surface area contributed by atoms with Crippen molar-refractivity contribution in [3.63, 3.8) is 0 Å². The molecule has 0 spiro atoms. The molecule has 0 aliphatic carbocycles. The molecule has 77 heavy (non-hydrogen) atoms. The van der Waals surface area contributed by atoms with Crippen molar-refractivity contribution in [3.8, 4) is 0 Å². The van der Waals surface area contributed by atoms with Crippen LogP contribution in [-0.4, -0.2) is 82.3 Å². The largest absolute Gasteiger partial charge is 0.545 e. The number of rotatable bonds is 63. The number of hydrogen-bond acceptors (Lipinski definition) is 8. The quantitative estimate of drug-likeness (QED) is 0.0195. The molecule has 0 aliphatic heterocycles. The molecular weight excluding hydrogens is 959 g/mol. The first kappa shape index (κ1) is 74.8. The van der Waals surface area contributed by atoms with Gasteiger partial charge in [-0.1, -0.05) is 282 Å². The van der Waals surface area contributed by atoms with Crippen LogP contribution in [-0.2, 0) is 33.3 Å². The van der Waals surface area contributed by atoms with E-state index in [1.165, 1.54) is 250 Å². The number of carboxylic acids is 1. The molecule has 0 saturated carbocycles. The molecule has 454 valence electrons. The number of allylic oxidation sites excluding steroid dienone is 4. The van der Waals surface area contributed by atoms with E-state index in [0.29, 0.717) is 11.0 Å². The van der Waals surface area contributed by atoms with E-state index in [2.05, 4.69) is 38.2 Å². The molecule has 0 rings (SSSR count). The number of esters is 2. The minimum absolute atomic E-state index is 0.149. The van der Waals surface area contributed by atoms with Crippen molar-refractivity contribution in [3.05, 3.63) is 24.3 Å². The first-order valence-corrected chi connectivity index (χ1v) is 33.5. The second kappa shape index (κ2) is 59.9. The second-order valence-corrected chi connectivity index (χ2v) is 24.1. The number of quaternary nitrogens is 1. The summed E-state index contributed by atoms with van der Waals surface area (Å²) in [5.41, 5.74) is 0. The highest BCUT2D eigenvalue weighted by molar-refractivity contribution is 5.70. The molecule has 9 nitrogen and oxygen atoms in total. The minimum atomic E-state index is -1.62. The van der Waals surface area contributed by atoms with Gasteiger partial charge in [0.1, 0.15) is 13.2 Å². The van der Waals surface area contributed by atoms with Crippen molar-refractivity contribution >= 4 is 17.9 Å². The number of nitrogens with zero attached hydrogens (tertiary/aromatic N) is 1. The van der Waals surface area contributed by atoms with Gasteiger partial charge in [-0.3, -0.25) is 9.59 Å². The first-order valence-electron chi connectivity index (χ1n) is 33.5. The Bertz CT molecular complexity index is 1310. The summed E-state index contributed by atoms with van der Waals surface area (Å²) in [6, 6.07) is 0. The van der Waals surface area contributed by atoms with Gasteiger partial charge in [0, 0.05) is 12.8 Å². The third kappa shape index (κ3) is 61.2. The highest BCUT2D eigenvalue weighted by atomic mass is 16.7. The molecule has 0 heterocycles. The Balaban J connectivity index is 3.90. The lowest BCUT2D eigenvalue weighted by molar-refractivity contribution is -0.870. The summed E-state index contributed by atoms with van der Waals surface area (Å²) in [6.07, 6.45) is 70.0. The van der Waals surface area contributed by atoms with E-state index >= 15 is 0 Å². The van der Waals surface area contributed by atoms with Gasteiger partial charge in [0.2, 0.25) is 0 Å². The molecule has 0 aliphatic rings. The Kier molecular flexibility index (Phi) is 58.1. The Morgan fingerprint density at radius 2 is 0.662 bits per heavy atom. The molecule has 0 saturated heterocycles. The summed E-state index contributed by atoms with van der Waals surface area (Å²) < 4.78 is 22.7. The van der Waals surface area contributed by atoms with E-state index in [1.54, 1.807) is 0 Å². The van der Waals surface area contributed by atoms with Gasteiger partial charge in [0.25, 0.3) is 0 Å². The zero-order chi connectivity index (χ0) is 56.2. The van der Waals surface area contributed by atoms with Crippen molar-refractivity contribution in [1.82, 2.24) is 0 Å². The molecular formula is C68H129NO8. The normalized spacial score (nSPS) is 12.8. The summed E-state index contributed by atoms with van der Waals surface area (Å²) in [6.45, 7) is 4.77. The number of carboxylic acid groups (broad SMARTS) is 1. The third-order valence-corrected chi connectivity index (χ3v) is 15.2. The Morgan fingerprint density at radius 3 is 0.974 bits per heavy atom. The van der Waals surface area contributed by atoms with Gasteiger partial charge in [-0.15, -0.1) is 0 Å². The third-order valence-electron chi connectivity index (χ3n) is 15.2. The number of ether oxygens (including phenoxy) is 4. The predicted octanol–water partition coefficient (Wildman–Crippen LogP) is 18.9. The van der Waals surface area contributed by atoms with Crippen LogP contribution in [0.25, 0.3) is 0 Å². The monoisotopic (exact) mass is 1090 g/mol. The van der Waals surface area contributed by atoms with Crippen LogP contribution in [0.1, 0.15) is 335 Å². The van der Waals surface area contributed by atoms with Gasteiger partial charge in [-0.25, -0.2) is 0 Å². The Morgan fingerprint density at radius 1 is 0.377 bits per heavy atom. The standard InChI is InChI=1S/C68H129NO8/c1-6-8-10-12-14-16-18-20-21-22-23-24-25-26-27-28-29-30-31-32-33-34-35-36-37-38-39-40-41-42-43-44-45-47-49-51-53-55-57-59-66(71)77-64(63-76-68(67(72)73)74-61-60-69(3,4)5)62-75-65(70)58-56-54-52-50-48-46-19-17-15-13-11-9-7-2/h17,19,22-23,64,68H,6-16,18,20-21,24-63H2,1-5H3/b19-17-,23-22-. The zero-order valence-electron chi connectivity index (χ0n) is 51.9. The van der Waals surface area contributed by atoms with Crippen LogP contribution in [0.4, 0.5) is 0 Å². The van der Waals surface area contributed by atoms with E-state index in [1.807, 2.05) is 21.1 Å². The first-order chi connectivity index (χ1) is 37.6. The summed E-state index contributed by atoms with van der Waals surface area (Å²) in [7, 11) is 5.93. The van der Waals surface area contributed by atoms with Crippen molar-refractivity contribution in [2.45, 2.75) is 347 Å². The van der Waals surface area contributed by atoms with Crippen molar-refractivity contribution in [2.75, 3.05) is 47.5 Å². The van der Waals surface area contributed by atoms with Crippen LogP contribution < -0.4 is 5.11 Å². The average Bonchev–Trinajstić information content (AvgIpc) is 3.40. The minimum Gasteiger partial charge on any atom is -0.545 e. The summed E-state index contributed by atoms with van der Waals surface area (Å²) in [5, 5.41) is 11.8. The molecule has 0 fully saturated rings. The number of likely N-dealkylation sites (N-methyl/N-ethyl adjacent to an activating group) is 1. The molecule has 0 aromatic heterocycles. The molecule has 2 atom stereocenters. The predicted molar refractivity (Wildman–Crippen MR) is 325 cm³/mol. The fraction of sp³-hybridized carbons (Fsp3) is 0.897. The van der Waals surface area contributed by atoms with Gasteiger partial charge in [0.05, 0.1) is 40.3 Å².